The molecule has 0 aliphatic rings. The van der Waals surface area contributed by atoms with Crippen molar-refractivity contribution < 1.29 is 9.53 Å². The van der Waals surface area contributed by atoms with E-state index < -0.39 is 0 Å². The third kappa shape index (κ3) is 3.10. The van der Waals surface area contributed by atoms with Crippen molar-refractivity contribution in [1.29, 1.82) is 0 Å². The molecule has 4 nitrogen and oxygen atoms in total. The summed E-state index contributed by atoms with van der Waals surface area (Å²) in [6.07, 6.45) is 1.58. The summed E-state index contributed by atoms with van der Waals surface area (Å²) < 4.78 is 7.70. The van der Waals surface area contributed by atoms with Crippen molar-refractivity contribution in [2.45, 2.75) is 40.3 Å². The Kier molecular flexibility index (Phi) is 5.02. The number of carbonyl (C=O) groups excluding carboxylic acids is 1. The van der Waals surface area contributed by atoms with Gasteiger partial charge in [-0.15, -0.1) is 0 Å². The summed E-state index contributed by atoms with van der Waals surface area (Å²) in [6.45, 7) is 6.97. The molecule has 0 bridgehead atoms. The van der Waals surface area contributed by atoms with Crippen LogP contribution in [0.3, 0.4) is 0 Å². The van der Waals surface area contributed by atoms with E-state index in [1.54, 1.807) is 6.07 Å². The first-order chi connectivity index (χ1) is 10.1. The number of nitrogens with zero attached hydrogens (tertiary/aromatic N) is 2. The fourth-order valence-corrected chi connectivity index (χ4v) is 2.58. The molecule has 1 heterocycles. The first-order valence-electron chi connectivity index (χ1n) is 7.03. The topological polar surface area (TPSA) is 44.1 Å². The first kappa shape index (κ1) is 15.6. The van der Waals surface area contributed by atoms with Gasteiger partial charge in [0.15, 0.2) is 6.29 Å². The highest BCUT2D eigenvalue weighted by Crippen LogP contribution is 2.26. The maximum atomic E-state index is 11.1. The lowest BCUT2D eigenvalue weighted by Gasteiger charge is -2.12. The molecular formula is C16H19ClN2O2. The summed E-state index contributed by atoms with van der Waals surface area (Å²) in [4.78, 5) is 11.1. The fourth-order valence-electron chi connectivity index (χ4n) is 2.26. The Balaban J connectivity index is 2.28. The Labute approximate surface area is 129 Å². The molecule has 0 saturated heterocycles. The number of benzene rings is 1. The van der Waals surface area contributed by atoms with Gasteiger partial charge < -0.3 is 4.74 Å². The molecule has 0 aliphatic carbocycles. The summed E-state index contributed by atoms with van der Waals surface area (Å²) in [5.74, 6) is 0.602. The molecule has 0 atom stereocenters. The molecule has 0 fully saturated rings. The third-order valence-corrected chi connectivity index (χ3v) is 3.85. The van der Waals surface area contributed by atoms with Gasteiger partial charge in [0, 0.05) is 6.54 Å². The van der Waals surface area contributed by atoms with E-state index in [0.29, 0.717) is 22.9 Å². The molecule has 2 rings (SSSR count). The number of rotatable bonds is 6. The highest BCUT2D eigenvalue weighted by molar-refractivity contribution is 6.31. The minimum Gasteiger partial charge on any atom is -0.486 e. The maximum absolute atomic E-state index is 11.1. The largest absolute Gasteiger partial charge is 0.486 e. The minimum absolute atomic E-state index is 0.297. The number of hydrogen-bond donors (Lipinski definition) is 0. The normalized spacial score (nSPS) is 10.7. The third-order valence-electron chi connectivity index (χ3n) is 3.42. The summed E-state index contributed by atoms with van der Waals surface area (Å²) in [7, 11) is 0. The number of aldehydes is 1. The van der Waals surface area contributed by atoms with Crippen LogP contribution in [0, 0.1) is 6.92 Å². The minimum atomic E-state index is 0.297. The van der Waals surface area contributed by atoms with E-state index in [-0.39, 0.29) is 0 Å². The van der Waals surface area contributed by atoms with Crippen molar-refractivity contribution in [3.63, 3.8) is 0 Å². The van der Waals surface area contributed by atoms with Crippen molar-refractivity contribution in [2.24, 2.45) is 0 Å². The molecule has 0 unspecified atom stereocenters. The lowest BCUT2D eigenvalue weighted by molar-refractivity contribution is 0.111. The Morgan fingerprint density at radius 2 is 2.14 bits per heavy atom. The Morgan fingerprint density at radius 1 is 1.38 bits per heavy atom. The van der Waals surface area contributed by atoms with Crippen LogP contribution < -0.4 is 4.74 Å². The number of carbonyl (C=O) groups is 1. The highest BCUT2D eigenvalue weighted by atomic mass is 35.5. The van der Waals surface area contributed by atoms with Gasteiger partial charge in [-0.1, -0.05) is 30.7 Å². The molecule has 0 N–H and O–H groups in total. The summed E-state index contributed by atoms with van der Waals surface area (Å²) in [6, 6.07) is 5.49. The zero-order chi connectivity index (χ0) is 15.4. The Morgan fingerprint density at radius 3 is 2.76 bits per heavy atom. The van der Waals surface area contributed by atoms with Gasteiger partial charge in [-0.25, -0.2) is 0 Å². The van der Waals surface area contributed by atoms with Crippen LogP contribution >= 0.6 is 11.6 Å². The van der Waals surface area contributed by atoms with Crippen molar-refractivity contribution >= 4 is 17.9 Å². The molecule has 0 amide bonds. The predicted molar refractivity (Wildman–Crippen MR) is 83.2 cm³/mol. The molecule has 0 radical (unpaired) electrons. The van der Waals surface area contributed by atoms with E-state index >= 15 is 0 Å². The predicted octanol–water partition coefficient (Wildman–Crippen LogP) is 3.82. The monoisotopic (exact) mass is 306 g/mol. The zero-order valence-corrected chi connectivity index (χ0v) is 13.3. The zero-order valence-electron chi connectivity index (χ0n) is 12.5. The lowest BCUT2D eigenvalue weighted by atomic mass is 10.1. The summed E-state index contributed by atoms with van der Waals surface area (Å²) >= 11 is 6.36. The van der Waals surface area contributed by atoms with Crippen molar-refractivity contribution in [2.75, 3.05) is 0 Å². The molecule has 21 heavy (non-hydrogen) atoms. The van der Waals surface area contributed by atoms with Crippen LogP contribution in [0.5, 0.6) is 5.75 Å². The maximum Gasteiger partial charge on any atom is 0.153 e. The van der Waals surface area contributed by atoms with Crippen molar-refractivity contribution in [1.82, 2.24) is 9.78 Å². The number of para-hydroxylation sites is 1. The number of halogens is 1. The van der Waals surface area contributed by atoms with E-state index in [2.05, 4.69) is 5.10 Å². The van der Waals surface area contributed by atoms with Gasteiger partial charge in [0.05, 0.1) is 22.0 Å². The average Bonchev–Trinajstić information content (AvgIpc) is 2.81. The Hall–Kier alpha value is -1.81. The van der Waals surface area contributed by atoms with E-state index in [9.17, 15) is 4.79 Å². The standard InChI is InChI=1S/C16H19ClN2O2/c1-4-13-15(17)14(19(5-2)18-13)10-21-16-11(3)7-6-8-12(16)9-20/h6-9H,4-5,10H2,1-3H3. The molecule has 0 aliphatic heterocycles. The van der Waals surface area contributed by atoms with Crippen molar-refractivity contribution in [3.05, 3.63) is 45.7 Å². The van der Waals surface area contributed by atoms with Crippen LogP contribution in [0.25, 0.3) is 0 Å². The van der Waals surface area contributed by atoms with Gasteiger partial charge in [-0.2, -0.15) is 5.10 Å². The summed E-state index contributed by atoms with van der Waals surface area (Å²) in [5, 5.41) is 5.11. The molecule has 0 spiro atoms. The van der Waals surface area contributed by atoms with Crippen LogP contribution in [0.1, 0.15) is 41.2 Å². The van der Waals surface area contributed by atoms with Crippen LogP contribution in [-0.2, 0) is 19.6 Å². The second-order valence-electron chi connectivity index (χ2n) is 4.78. The van der Waals surface area contributed by atoms with Gasteiger partial charge in [-0.05, 0) is 31.9 Å². The second-order valence-corrected chi connectivity index (χ2v) is 5.15. The van der Waals surface area contributed by atoms with E-state index in [4.69, 9.17) is 16.3 Å². The molecule has 2 aromatic rings. The molecule has 5 heteroatoms. The smallest absolute Gasteiger partial charge is 0.153 e. The van der Waals surface area contributed by atoms with Crippen LogP contribution in [0.4, 0.5) is 0 Å². The van der Waals surface area contributed by atoms with Gasteiger partial charge >= 0.3 is 0 Å². The molecular weight excluding hydrogens is 288 g/mol. The molecule has 112 valence electrons. The van der Waals surface area contributed by atoms with Crippen LogP contribution in [-0.4, -0.2) is 16.1 Å². The molecule has 0 saturated carbocycles. The van der Waals surface area contributed by atoms with Crippen molar-refractivity contribution in [3.8, 4) is 5.75 Å². The number of ether oxygens (including phenoxy) is 1. The van der Waals surface area contributed by atoms with E-state index in [0.717, 1.165) is 36.2 Å². The summed E-state index contributed by atoms with van der Waals surface area (Å²) in [5.41, 5.74) is 3.19. The van der Waals surface area contributed by atoms with Gasteiger partial charge in [0.25, 0.3) is 0 Å². The quantitative estimate of drug-likeness (QED) is 0.762. The Bertz CT molecular complexity index is 650. The van der Waals surface area contributed by atoms with Crippen LogP contribution in [0.2, 0.25) is 5.02 Å². The number of aryl methyl sites for hydroxylation is 3. The first-order valence-corrected chi connectivity index (χ1v) is 7.41. The molecule has 1 aromatic heterocycles. The SMILES string of the molecule is CCc1nn(CC)c(COc2c(C)cccc2C=O)c1Cl. The average molecular weight is 307 g/mol. The number of aromatic nitrogens is 2. The fraction of sp³-hybridized carbons (Fsp3) is 0.375. The van der Waals surface area contributed by atoms with Gasteiger partial charge in [-0.3, -0.25) is 9.48 Å². The lowest BCUT2D eigenvalue weighted by Crippen LogP contribution is -2.08. The highest BCUT2D eigenvalue weighted by Gasteiger charge is 2.16. The van der Waals surface area contributed by atoms with E-state index in [1.165, 1.54) is 0 Å². The van der Waals surface area contributed by atoms with Gasteiger partial charge in [0.2, 0.25) is 0 Å². The van der Waals surface area contributed by atoms with Crippen LogP contribution in [0.15, 0.2) is 18.2 Å². The van der Waals surface area contributed by atoms with Gasteiger partial charge in [0.1, 0.15) is 12.4 Å². The molecule has 1 aromatic carbocycles. The van der Waals surface area contributed by atoms with E-state index in [1.807, 2.05) is 37.6 Å². The number of hydrogen-bond acceptors (Lipinski definition) is 3. The second kappa shape index (κ2) is 6.76.